The Hall–Kier alpha value is -4.17. The zero-order valence-electron chi connectivity index (χ0n) is 23.2. The number of ether oxygens (including phenoxy) is 4. The summed E-state index contributed by atoms with van der Waals surface area (Å²) in [5.41, 5.74) is -3.37. The number of fused-ring (bicyclic) bond motifs is 1. The van der Waals surface area contributed by atoms with E-state index in [1.807, 2.05) is 0 Å². The average Bonchev–Trinajstić information content (AvgIpc) is 2.92. The second kappa shape index (κ2) is 12.4. The molecule has 0 bridgehead atoms. The number of anilines is 1. The van der Waals surface area contributed by atoms with Crippen LogP contribution >= 0.6 is 0 Å². The molecule has 1 aliphatic rings. The largest absolute Gasteiger partial charge is 0.496 e. The van der Waals surface area contributed by atoms with E-state index in [-0.39, 0.29) is 41.7 Å². The van der Waals surface area contributed by atoms with Gasteiger partial charge in [0.25, 0.3) is 0 Å². The highest BCUT2D eigenvalue weighted by Crippen LogP contribution is 2.45. The van der Waals surface area contributed by atoms with Crippen molar-refractivity contribution >= 4 is 23.8 Å². The number of carbonyl (C=O) groups excluding carboxylic acids is 3. The molecule has 0 saturated carbocycles. The van der Waals surface area contributed by atoms with Crippen LogP contribution in [-0.4, -0.2) is 57.0 Å². The van der Waals surface area contributed by atoms with Crippen LogP contribution in [0.15, 0.2) is 30.3 Å². The third-order valence-corrected chi connectivity index (χ3v) is 6.63. The predicted molar refractivity (Wildman–Crippen MR) is 135 cm³/mol. The van der Waals surface area contributed by atoms with Crippen molar-refractivity contribution in [3.8, 4) is 5.75 Å². The van der Waals surface area contributed by atoms with Gasteiger partial charge in [-0.3, -0.25) is 9.80 Å². The Balaban J connectivity index is 2.25. The minimum Gasteiger partial charge on any atom is -0.496 e. The van der Waals surface area contributed by atoms with E-state index in [2.05, 4.69) is 0 Å². The van der Waals surface area contributed by atoms with Crippen molar-refractivity contribution in [1.82, 2.24) is 4.90 Å². The Kier molecular flexibility index (Phi) is 9.53. The summed E-state index contributed by atoms with van der Waals surface area (Å²) in [6.07, 6.45) is -12.1. The normalized spacial score (nSPS) is 16.8. The summed E-state index contributed by atoms with van der Waals surface area (Å²) < 4.78 is 101. The number of carbonyl (C=O) groups is 3. The van der Waals surface area contributed by atoms with Gasteiger partial charge in [0.05, 0.1) is 50.8 Å². The first kappa shape index (κ1) is 32.3. The molecule has 1 aliphatic heterocycles. The number of methoxy groups -OCH3 is 3. The standard InChI is InChI=1S/C27H28F6N2O7/c1-6-42-25(38)35-14(2)7-20(18-12-22(39-3)19(11-21(18)35)23(36)40-4)34(24(37)41-5)13-15-8-16(26(28,29)30)10-17(9-15)27(31,32)33/h8-12,14,20H,6-7,13H2,1-5H3/t14-,20+/m0/s1. The van der Waals surface area contributed by atoms with Gasteiger partial charge in [-0.05, 0) is 56.2 Å². The van der Waals surface area contributed by atoms with Crippen LogP contribution in [-0.2, 0) is 33.1 Å². The summed E-state index contributed by atoms with van der Waals surface area (Å²) in [5.74, 6) is -0.839. The zero-order chi connectivity index (χ0) is 31.6. The van der Waals surface area contributed by atoms with Crippen molar-refractivity contribution in [2.75, 3.05) is 32.8 Å². The summed E-state index contributed by atoms with van der Waals surface area (Å²) >= 11 is 0. The second-order valence-corrected chi connectivity index (χ2v) is 9.28. The summed E-state index contributed by atoms with van der Waals surface area (Å²) in [6.45, 7) is 2.45. The Labute approximate surface area is 236 Å². The van der Waals surface area contributed by atoms with E-state index in [9.17, 15) is 40.7 Å². The molecule has 0 spiro atoms. The van der Waals surface area contributed by atoms with Crippen LogP contribution in [0.5, 0.6) is 5.75 Å². The van der Waals surface area contributed by atoms with E-state index in [0.717, 1.165) is 19.1 Å². The van der Waals surface area contributed by atoms with Gasteiger partial charge in [-0.1, -0.05) is 0 Å². The maximum absolute atomic E-state index is 13.5. The topological polar surface area (TPSA) is 94.6 Å². The lowest BCUT2D eigenvalue weighted by Gasteiger charge is -2.42. The summed E-state index contributed by atoms with van der Waals surface area (Å²) in [6, 6.07) is 1.86. The molecule has 3 rings (SSSR count). The molecule has 0 fully saturated rings. The van der Waals surface area contributed by atoms with Crippen molar-refractivity contribution in [1.29, 1.82) is 0 Å². The zero-order valence-corrected chi connectivity index (χ0v) is 23.2. The molecular formula is C27H28F6N2O7. The van der Waals surface area contributed by atoms with E-state index in [4.69, 9.17) is 18.9 Å². The summed E-state index contributed by atoms with van der Waals surface area (Å²) in [4.78, 5) is 40.6. The Morgan fingerprint density at radius 3 is 2.00 bits per heavy atom. The Bertz CT molecular complexity index is 1310. The van der Waals surface area contributed by atoms with E-state index >= 15 is 0 Å². The Morgan fingerprint density at radius 2 is 1.52 bits per heavy atom. The highest BCUT2D eigenvalue weighted by atomic mass is 19.4. The van der Waals surface area contributed by atoms with Gasteiger partial charge in [0.1, 0.15) is 11.3 Å². The highest BCUT2D eigenvalue weighted by Gasteiger charge is 2.42. The fourth-order valence-electron chi connectivity index (χ4n) is 4.78. The number of esters is 1. The first-order valence-corrected chi connectivity index (χ1v) is 12.5. The smallest absolute Gasteiger partial charge is 0.416 e. The number of nitrogens with zero attached hydrogens (tertiary/aromatic N) is 2. The molecule has 15 heteroatoms. The van der Waals surface area contributed by atoms with Gasteiger partial charge in [0.15, 0.2) is 0 Å². The number of benzene rings is 2. The lowest BCUT2D eigenvalue weighted by Crippen LogP contribution is -2.47. The van der Waals surface area contributed by atoms with Gasteiger partial charge < -0.3 is 18.9 Å². The SMILES string of the molecule is CCOC(=O)N1c2cc(C(=O)OC)c(OC)cc2[C@H](N(Cc2cc(C(F)(F)F)cc(C(F)(F)F)c2)C(=O)OC)C[C@@H]1C. The molecular weight excluding hydrogens is 578 g/mol. The lowest BCUT2D eigenvalue weighted by atomic mass is 9.89. The maximum Gasteiger partial charge on any atom is 0.416 e. The predicted octanol–water partition coefficient (Wildman–Crippen LogP) is 6.58. The van der Waals surface area contributed by atoms with Crippen molar-refractivity contribution in [2.24, 2.45) is 0 Å². The van der Waals surface area contributed by atoms with Gasteiger partial charge in [-0.25, -0.2) is 14.4 Å². The maximum atomic E-state index is 13.5. The molecule has 42 heavy (non-hydrogen) atoms. The molecule has 1 heterocycles. The average molecular weight is 607 g/mol. The van der Waals surface area contributed by atoms with Gasteiger partial charge in [0, 0.05) is 18.2 Å². The molecule has 9 nitrogen and oxygen atoms in total. The number of rotatable bonds is 6. The van der Waals surface area contributed by atoms with E-state index in [1.165, 1.54) is 24.1 Å². The quantitative estimate of drug-likeness (QED) is 0.208. The molecule has 2 atom stereocenters. The molecule has 2 aromatic rings. The molecule has 0 unspecified atom stereocenters. The minimum atomic E-state index is -5.10. The molecule has 0 radical (unpaired) electrons. The molecule has 0 aromatic heterocycles. The van der Waals surface area contributed by atoms with Crippen LogP contribution in [0.1, 0.15) is 58.9 Å². The van der Waals surface area contributed by atoms with E-state index in [1.54, 1.807) is 13.8 Å². The van der Waals surface area contributed by atoms with Crippen LogP contribution in [0.2, 0.25) is 0 Å². The number of alkyl halides is 6. The summed E-state index contributed by atoms with van der Waals surface area (Å²) in [5, 5.41) is 0. The molecule has 0 N–H and O–H groups in total. The van der Waals surface area contributed by atoms with Gasteiger partial charge in [-0.15, -0.1) is 0 Å². The van der Waals surface area contributed by atoms with Crippen molar-refractivity contribution in [2.45, 2.75) is 51.2 Å². The fraction of sp³-hybridized carbons (Fsp3) is 0.444. The van der Waals surface area contributed by atoms with Gasteiger partial charge in [0.2, 0.25) is 0 Å². The summed E-state index contributed by atoms with van der Waals surface area (Å²) in [7, 11) is 3.37. The van der Waals surface area contributed by atoms with Crippen LogP contribution < -0.4 is 9.64 Å². The molecule has 2 amide bonds. The van der Waals surface area contributed by atoms with Gasteiger partial charge >= 0.3 is 30.5 Å². The van der Waals surface area contributed by atoms with Crippen LogP contribution in [0.4, 0.5) is 41.6 Å². The van der Waals surface area contributed by atoms with Crippen molar-refractivity contribution in [3.05, 3.63) is 58.1 Å². The molecule has 230 valence electrons. The number of halogens is 6. The van der Waals surface area contributed by atoms with Gasteiger partial charge in [-0.2, -0.15) is 26.3 Å². The number of amides is 2. The second-order valence-electron chi connectivity index (χ2n) is 9.28. The lowest BCUT2D eigenvalue weighted by molar-refractivity contribution is -0.143. The van der Waals surface area contributed by atoms with Crippen LogP contribution in [0, 0.1) is 0 Å². The minimum absolute atomic E-state index is 0.00615. The van der Waals surface area contributed by atoms with Crippen LogP contribution in [0.3, 0.4) is 0 Å². The van der Waals surface area contributed by atoms with E-state index < -0.39 is 65.8 Å². The molecule has 0 saturated heterocycles. The number of hydrogen-bond donors (Lipinski definition) is 0. The highest BCUT2D eigenvalue weighted by molar-refractivity contribution is 5.97. The molecule has 0 aliphatic carbocycles. The molecule has 2 aromatic carbocycles. The third kappa shape index (κ3) is 6.65. The van der Waals surface area contributed by atoms with Crippen LogP contribution in [0.25, 0.3) is 0 Å². The monoisotopic (exact) mass is 606 g/mol. The van der Waals surface area contributed by atoms with Crippen molar-refractivity contribution < 1.29 is 59.7 Å². The number of hydrogen-bond acceptors (Lipinski definition) is 7. The third-order valence-electron chi connectivity index (χ3n) is 6.63. The first-order valence-electron chi connectivity index (χ1n) is 12.5. The van der Waals surface area contributed by atoms with E-state index in [0.29, 0.717) is 12.1 Å². The first-order chi connectivity index (χ1) is 19.6. The fourth-order valence-corrected chi connectivity index (χ4v) is 4.78. The van der Waals surface area contributed by atoms with Crippen molar-refractivity contribution in [3.63, 3.8) is 0 Å². The Morgan fingerprint density at radius 1 is 0.929 bits per heavy atom.